The number of anilines is 1. The van der Waals surface area contributed by atoms with E-state index in [9.17, 15) is 22.8 Å². The van der Waals surface area contributed by atoms with Gasteiger partial charge >= 0.3 is 6.18 Å². The first-order valence-electron chi connectivity index (χ1n) is 30.7. The molecule has 0 spiro atoms. The number of nitrogens with one attached hydrogen (secondary N) is 3. The fraction of sp³-hybridized carbons (Fsp3) is 0.507. The normalized spacial score (nSPS) is 14.6. The molecule has 0 radical (unpaired) electrons. The summed E-state index contributed by atoms with van der Waals surface area (Å²) in [6, 6.07) is 32.5. The van der Waals surface area contributed by atoms with Crippen molar-refractivity contribution >= 4 is 39.9 Å². The Balaban J connectivity index is 0.564. The van der Waals surface area contributed by atoms with Crippen molar-refractivity contribution in [1.82, 2.24) is 15.5 Å². The highest BCUT2D eigenvalue weighted by Gasteiger charge is 2.35. The van der Waals surface area contributed by atoms with Gasteiger partial charge in [0.15, 0.2) is 10.5 Å². The summed E-state index contributed by atoms with van der Waals surface area (Å²) < 4.78 is 114. The first-order valence-corrected chi connectivity index (χ1v) is 31.1. The van der Waals surface area contributed by atoms with Gasteiger partial charge in [-0.3, -0.25) is 14.5 Å². The van der Waals surface area contributed by atoms with Gasteiger partial charge in [-0.15, -0.1) is 0 Å². The third-order valence-corrected chi connectivity index (χ3v) is 14.4. The SMILES string of the molecule is Cc1cc(CO[C@H]2CCCN(CC(=O)NCCOCCOCCOCCOCCOCCOCCOCCOCCOCCOCCOCCNC(=S)Nc3ccc(-c4c5ccc(=O)cc-5oc5cc(C)ccc45)cc3)[C@H]2c2ccccc2)cc(C(F)(F)F)c1. The van der Waals surface area contributed by atoms with Crippen molar-refractivity contribution in [1.29, 1.82) is 0 Å². The molecule has 90 heavy (non-hydrogen) atoms. The number of piperidine rings is 1. The van der Waals surface area contributed by atoms with Crippen LogP contribution in [0.1, 0.15) is 46.7 Å². The molecule has 2 atom stereocenters. The van der Waals surface area contributed by atoms with Gasteiger partial charge in [-0.1, -0.05) is 66.2 Å². The fourth-order valence-corrected chi connectivity index (χ4v) is 10.2. The van der Waals surface area contributed by atoms with E-state index < -0.39 is 11.7 Å². The molecule has 0 bridgehead atoms. The Morgan fingerprint density at radius 2 is 1.11 bits per heavy atom. The number of likely N-dealkylation sites (tertiary alicyclic amines) is 1. The Kier molecular flexibility index (Phi) is 32.4. The second kappa shape index (κ2) is 40.8. The Bertz CT molecular complexity index is 3040. The average Bonchev–Trinajstić information content (AvgIpc) is 0.800. The molecule has 0 aromatic heterocycles. The topological polar surface area (TPSA) is 197 Å². The van der Waals surface area contributed by atoms with Crippen molar-refractivity contribution in [3.05, 3.63) is 147 Å². The Morgan fingerprint density at radius 1 is 0.589 bits per heavy atom. The van der Waals surface area contributed by atoms with E-state index in [2.05, 4.69) is 33.0 Å². The molecule has 4 aromatic carbocycles. The molecule has 2 heterocycles. The number of hydrogen-bond donors (Lipinski definition) is 3. The van der Waals surface area contributed by atoms with Gasteiger partial charge in [-0.25, -0.2) is 0 Å². The van der Waals surface area contributed by atoms with E-state index in [-0.39, 0.29) is 36.6 Å². The summed E-state index contributed by atoms with van der Waals surface area (Å²) in [6.45, 7) is 15.0. The molecule has 1 fully saturated rings. The van der Waals surface area contributed by atoms with Crippen molar-refractivity contribution in [3.8, 4) is 22.5 Å². The number of ether oxygens (including phenoxy) is 12. The number of amides is 1. The van der Waals surface area contributed by atoms with E-state index >= 15 is 0 Å². The number of aryl methyl sites for hydroxylation is 2. The van der Waals surface area contributed by atoms with Crippen molar-refractivity contribution < 1.29 is 79.2 Å². The van der Waals surface area contributed by atoms with Crippen LogP contribution in [-0.4, -0.2) is 194 Å². The molecule has 19 nitrogen and oxygen atoms in total. The van der Waals surface area contributed by atoms with Crippen molar-refractivity contribution in [3.63, 3.8) is 0 Å². The van der Waals surface area contributed by atoms with Crippen LogP contribution in [0.15, 0.2) is 118 Å². The fourth-order valence-electron chi connectivity index (χ4n) is 9.99. The highest BCUT2D eigenvalue weighted by molar-refractivity contribution is 7.80. The van der Waals surface area contributed by atoms with E-state index in [1.165, 1.54) is 6.07 Å². The molecule has 1 amide bonds. The lowest BCUT2D eigenvalue weighted by atomic mass is 9.92. The minimum Gasteiger partial charge on any atom is -0.456 e. The first-order chi connectivity index (χ1) is 43.9. The Hall–Kier alpha value is -6.00. The van der Waals surface area contributed by atoms with Gasteiger partial charge in [-0.05, 0) is 110 Å². The van der Waals surface area contributed by atoms with Crippen molar-refractivity contribution in [2.75, 3.05) is 177 Å². The van der Waals surface area contributed by atoms with Crippen LogP contribution in [0.5, 0.6) is 0 Å². The number of fused-ring (bicyclic) bond motifs is 2. The zero-order chi connectivity index (χ0) is 63.4. The number of alkyl halides is 3. The van der Waals surface area contributed by atoms with Crippen LogP contribution in [-0.2, 0) is 74.4 Å². The first kappa shape index (κ1) is 71.4. The smallest absolute Gasteiger partial charge is 0.416 e. The van der Waals surface area contributed by atoms with Crippen molar-refractivity contribution in [2.24, 2.45) is 0 Å². The van der Waals surface area contributed by atoms with Gasteiger partial charge < -0.3 is 77.2 Å². The standard InChI is InChI=1S/C67H87F3N4O15S/c1-50-10-16-58-61(45-50)89-62-47-57(75)15-17-59(62)64(58)53-11-13-56(14-12-53)73-66(90)72-19-22-78-24-26-80-28-30-82-32-34-84-36-38-86-40-42-87-41-39-85-37-35-83-33-31-81-29-27-79-25-23-77-21-18-71-63(76)48-74-20-6-9-60(65(74)54-7-4-3-5-8-54)88-49-52-43-51(2)44-55(46-52)67(68,69)70/h3-5,7-8,10-17,43-47,60,65H,6,9,18-42,48-49H2,1-2H3,(H,71,76)(H2,72,73,90)/t60-,65-/m0/s1. The highest BCUT2D eigenvalue weighted by Crippen LogP contribution is 2.41. The van der Waals surface area contributed by atoms with Gasteiger partial charge in [0.05, 0.1) is 176 Å². The maximum Gasteiger partial charge on any atom is 0.416 e. The molecule has 7 rings (SSSR count). The molecule has 0 unspecified atom stereocenters. The summed E-state index contributed by atoms with van der Waals surface area (Å²) in [5, 5.41) is 10.8. The number of rotatable bonds is 44. The molecule has 1 saturated heterocycles. The third kappa shape index (κ3) is 26.3. The second-order valence-electron chi connectivity index (χ2n) is 21.2. The lowest BCUT2D eigenvalue weighted by Crippen LogP contribution is -2.47. The summed E-state index contributed by atoms with van der Waals surface area (Å²) in [4.78, 5) is 27.2. The number of carbonyl (C=O) groups is 1. The molecule has 3 N–H and O–H groups in total. The number of thiocarbonyl (C=S) groups is 1. The zero-order valence-electron chi connectivity index (χ0n) is 51.7. The van der Waals surface area contributed by atoms with Crippen molar-refractivity contribution in [2.45, 2.75) is 51.6 Å². The molecule has 3 aliphatic rings. The van der Waals surface area contributed by atoms with E-state index in [0.717, 1.165) is 69.4 Å². The van der Waals surface area contributed by atoms with E-state index in [1.807, 2.05) is 73.7 Å². The van der Waals surface area contributed by atoms with Crippen LogP contribution < -0.4 is 21.4 Å². The molecule has 2 aliphatic heterocycles. The highest BCUT2D eigenvalue weighted by atomic mass is 32.1. The van der Waals surface area contributed by atoms with Crippen LogP contribution in [0.4, 0.5) is 18.9 Å². The predicted octanol–water partition coefficient (Wildman–Crippen LogP) is 9.21. The molecular weight excluding hydrogens is 1190 g/mol. The van der Waals surface area contributed by atoms with Gasteiger partial charge in [0.2, 0.25) is 5.91 Å². The molecule has 4 aromatic rings. The van der Waals surface area contributed by atoms with Gasteiger partial charge in [0.25, 0.3) is 0 Å². The number of hydrogen-bond acceptors (Lipinski definition) is 17. The zero-order valence-corrected chi connectivity index (χ0v) is 52.5. The van der Waals surface area contributed by atoms with Crippen LogP contribution in [0.25, 0.3) is 33.4 Å². The Labute approximate surface area is 530 Å². The maximum absolute atomic E-state index is 13.5. The monoisotopic (exact) mass is 1280 g/mol. The van der Waals surface area contributed by atoms with Crippen LogP contribution in [0.3, 0.4) is 0 Å². The van der Waals surface area contributed by atoms with Gasteiger partial charge in [-0.2, -0.15) is 13.2 Å². The summed E-state index contributed by atoms with van der Waals surface area (Å²) in [7, 11) is 0. The largest absolute Gasteiger partial charge is 0.456 e. The summed E-state index contributed by atoms with van der Waals surface area (Å²) in [5.41, 5.74) is 6.70. The van der Waals surface area contributed by atoms with E-state index in [1.54, 1.807) is 19.1 Å². The number of carbonyl (C=O) groups excluding carboxylic acids is 1. The summed E-state index contributed by atoms with van der Waals surface area (Å²) in [6.07, 6.45) is -3.25. The lowest BCUT2D eigenvalue weighted by molar-refractivity contribution is -0.137. The minimum absolute atomic E-state index is 0.0350. The third-order valence-electron chi connectivity index (χ3n) is 14.2. The van der Waals surface area contributed by atoms with Crippen LogP contribution in [0, 0.1) is 13.8 Å². The van der Waals surface area contributed by atoms with Crippen LogP contribution in [0.2, 0.25) is 0 Å². The Morgan fingerprint density at radius 3 is 1.64 bits per heavy atom. The molecular formula is C67H87F3N4O15S. The minimum atomic E-state index is -4.44. The van der Waals surface area contributed by atoms with E-state index in [4.69, 9.17) is 73.5 Å². The number of benzene rings is 5. The summed E-state index contributed by atoms with van der Waals surface area (Å²) >= 11 is 5.49. The number of halogens is 3. The predicted molar refractivity (Wildman–Crippen MR) is 340 cm³/mol. The quantitative estimate of drug-likeness (QED) is 0.0186. The molecule has 0 saturated carbocycles. The van der Waals surface area contributed by atoms with Gasteiger partial charge in [0.1, 0.15) is 11.3 Å². The van der Waals surface area contributed by atoms with E-state index in [0.29, 0.717) is 187 Å². The molecule has 492 valence electrons. The maximum atomic E-state index is 13.5. The number of nitrogens with zero attached hydrogens (tertiary/aromatic N) is 1. The van der Waals surface area contributed by atoms with Crippen LogP contribution >= 0.6 is 12.2 Å². The van der Waals surface area contributed by atoms with Gasteiger partial charge in [0, 0.05) is 41.4 Å². The second-order valence-corrected chi connectivity index (χ2v) is 21.6. The molecule has 1 aliphatic carbocycles. The average molecular weight is 1280 g/mol. The lowest BCUT2D eigenvalue weighted by Gasteiger charge is -2.41. The summed E-state index contributed by atoms with van der Waals surface area (Å²) in [5.74, 6) is 0.405. The molecule has 23 heteroatoms.